The summed E-state index contributed by atoms with van der Waals surface area (Å²) in [6.07, 6.45) is 2.07. The van der Waals surface area contributed by atoms with Crippen LogP contribution in [0.3, 0.4) is 0 Å². The Morgan fingerprint density at radius 2 is 2.04 bits per heavy atom. The Balaban J connectivity index is 0.00000210. The Morgan fingerprint density at radius 3 is 2.70 bits per heavy atom. The molecule has 6 nitrogen and oxygen atoms in total. The van der Waals surface area contributed by atoms with E-state index < -0.39 is 0 Å². The summed E-state index contributed by atoms with van der Waals surface area (Å²) in [5.41, 5.74) is 2.98. The van der Waals surface area contributed by atoms with Crippen LogP contribution >= 0.6 is 35.5 Å². The molecule has 2 aliphatic rings. The van der Waals surface area contributed by atoms with Crippen LogP contribution in [0.1, 0.15) is 29.8 Å². The summed E-state index contributed by atoms with van der Waals surface area (Å²) in [4.78, 5) is 13.8. The van der Waals surface area contributed by atoms with Gasteiger partial charge in [-0.15, -0.1) is 24.0 Å². The Hall–Kier alpha value is -1.42. The molecule has 0 amide bonds. The summed E-state index contributed by atoms with van der Waals surface area (Å²) >= 11 is 1.51. The lowest BCUT2D eigenvalue weighted by Gasteiger charge is -2.37. The van der Waals surface area contributed by atoms with Gasteiger partial charge < -0.3 is 15.1 Å². The topological polar surface area (TPSA) is 56.7 Å². The largest absolute Gasteiger partial charge is 0.356 e. The second-order valence-corrected chi connectivity index (χ2v) is 7.58. The molecular weight excluding hydrogens is 471 g/mol. The number of hydrogen-bond donors (Lipinski definition) is 1. The molecule has 1 fully saturated rings. The maximum atomic E-state index is 4.61. The van der Waals surface area contributed by atoms with Gasteiger partial charge in [0.25, 0.3) is 0 Å². The molecule has 1 aliphatic heterocycles. The van der Waals surface area contributed by atoms with Crippen molar-refractivity contribution in [2.24, 2.45) is 4.99 Å². The summed E-state index contributed by atoms with van der Waals surface area (Å²) in [6.45, 7) is 6.90. The van der Waals surface area contributed by atoms with E-state index in [2.05, 4.69) is 60.7 Å². The maximum absolute atomic E-state index is 4.61. The average molecular weight is 498 g/mol. The molecule has 1 aromatic carbocycles. The first-order valence-corrected chi connectivity index (χ1v) is 10.2. The van der Waals surface area contributed by atoms with Crippen LogP contribution in [0.5, 0.6) is 0 Å². The smallest absolute Gasteiger partial charge is 0.205 e. The number of rotatable bonds is 4. The zero-order valence-corrected chi connectivity index (χ0v) is 19.0. The van der Waals surface area contributed by atoms with E-state index in [9.17, 15) is 0 Å². The highest BCUT2D eigenvalue weighted by atomic mass is 127. The fourth-order valence-corrected chi connectivity index (χ4v) is 4.52. The van der Waals surface area contributed by atoms with Crippen LogP contribution in [-0.2, 0) is 12.8 Å². The Kier molecular flexibility index (Phi) is 6.91. The zero-order valence-electron chi connectivity index (χ0n) is 15.9. The third kappa shape index (κ3) is 4.37. The third-order valence-electron chi connectivity index (χ3n) is 5.30. The highest BCUT2D eigenvalue weighted by molar-refractivity contribution is 14.0. The molecule has 8 heteroatoms. The van der Waals surface area contributed by atoms with Crippen LogP contribution in [-0.4, -0.2) is 60.0 Å². The van der Waals surface area contributed by atoms with E-state index in [0.29, 0.717) is 5.92 Å². The van der Waals surface area contributed by atoms with Crippen molar-refractivity contribution < 1.29 is 0 Å². The first-order valence-electron chi connectivity index (χ1n) is 9.39. The van der Waals surface area contributed by atoms with E-state index in [1.807, 2.05) is 7.05 Å². The molecule has 1 aliphatic carbocycles. The van der Waals surface area contributed by atoms with Crippen LogP contribution in [0.2, 0.25) is 0 Å². The molecule has 4 rings (SSSR count). The van der Waals surface area contributed by atoms with Crippen molar-refractivity contribution in [3.63, 3.8) is 0 Å². The van der Waals surface area contributed by atoms with Crippen LogP contribution in [0.15, 0.2) is 29.3 Å². The lowest BCUT2D eigenvalue weighted by molar-refractivity contribution is 0.370. The zero-order chi connectivity index (χ0) is 17.9. The Labute approximate surface area is 182 Å². The molecule has 0 bridgehead atoms. The molecule has 1 atom stereocenters. The quantitative estimate of drug-likeness (QED) is 0.399. The minimum Gasteiger partial charge on any atom is -0.356 e. The fourth-order valence-electron chi connectivity index (χ4n) is 3.72. The SMILES string of the molecule is CCc1nsc(N2CCN(C(=NC)NCC3Cc4ccccc43)CC2)n1.I. The molecular formula is C19H27IN6S. The number of aryl methyl sites for hydroxylation is 1. The highest BCUT2D eigenvalue weighted by Gasteiger charge is 2.27. The number of fused-ring (bicyclic) bond motifs is 1. The van der Waals surface area contributed by atoms with Gasteiger partial charge in [0, 0.05) is 63.6 Å². The van der Waals surface area contributed by atoms with Crippen molar-refractivity contribution in [3.8, 4) is 0 Å². The average Bonchev–Trinajstić information content (AvgIpc) is 3.15. The number of benzene rings is 1. The number of nitrogens with zero attached hydrogens (tertiary/aromatic N) is 5. The minimum atomic E-state index is 0. The second-order valence-electron chi connectivity index (χ2n) is 6.85. The van der Waals surface area contributed by atoms with Crippen molar-refractivity contribution >= 4 is 46.6 Å². The van der Waals surface area contributed by atoms with Gasteiger partial charge in [-0.05, 0) is 17.5 Å². The van der Waals surface area contributed by atoms with E-state index in [4.69, 9.17) is 0 Å². The summed E-state index contributed by atoms with van der Waals surface area (Å²) in [5.74, 6) is 2.57. The van der Waals surface area contributed by atoms with Gasteiger partial charge in [0.05, 0.1) is 0 Å². The van der Waals surface area contributed by atoms with Gasteiger partial charge in [0.15, 0.2) is 5.96 Å². The second kappa shape index (κ2) is 9.18. The highest BCUT2D eigenvalue weighted by Crippen LogP contribution is 2.34. The fraction of sp³-hybridized carbons (Fsp3) is 0.526. The van der Waals surface area contributed by atoms with Gasteiger partial charge in [-0.25, -0.2) is 4.98 Å². The molecule has 1 aromatic heterocycles. The van der Waals surface area contributed by atoms with E-state index in [1.165, 1.54) is 29.1 Å². The number of piperazine rings is 1. The van der Waals surface area contributed by atoms with Gasteiger partial charge in [-0.2, -0.15) is 4.37 Å². The Bertz CT molecular complexity index is 784. The van der Waals surface area contributed by atoms with Crippen molar-refractivity contribution in [1.82, 2.24) is 19.6 Å². The third-order valence-corrected chi connectivity index (χ3v) is 6.12. The van der Waals surface area contributed by atoms with Crippen molar-refractivity contribution in [1.29, 1.82) is 0 Å². The number of aliphatic imine (C=N–C) groups is 1. The summed E-state index contributed by atoms with van der Waals surface area (Å²) in [6, 6.07) is 8.75. The lowest BCUT2D eigenvalue weighted by atomic mass is 9.78. The van der Waals surface area contributed by atoms with E-state index >= 15 is 0 Å². The van der Waals surface area contributed by atoms with E-state index in [0.717, 1.165) is 56.1 Å². The maximum Gasteiger partial charge on any atom is 0.205 e. The lowest BCUT2D eigenvalue weighted by Crippen LogP contribution is -2.53. The molecule has 0 spiro atoms. The molecule has 27 heavy (non-hydrogen) atoms. The number of halogens is 1. The predicted molar refractivity (Wildman–Crippen MR) is 123 cm³/mol. The van der Waals surface area contributed by atoms with Crippen LogP contribution in [0.25, 0.3) is 0 Å². The first kappa shape index (κ1) is 20.3. The van der Waals surface area contributed by atoms with Gasteiger partial charge in [0.1, 0.15) is 5.82 Å². The van der Waals surface area contributed by atoms with Gasteiger partial charge in [0.2, 0.25) is 5.13 Å². The summed E-state index contributed by atoms with van der Waals surface area (Å²) in [7, 11) is 1.88. The van der Waals surface area contributed by atoms with Crippen molar-refractivity contribution in [3.05, 3.63) is 41.2 Å². The molecule has 0 saturated carbocycles. The van der Waals surface area contributed by atoms with Crippen LogP contribution in [0, 0.1) is 0 Å². The number of hydrogen-bond acceptors (Lipinski definition) is 5. The molecule has 1 saturated heterocycles. The van der Waals surface area contributed by atoms with Crippen LogP contribution in [0.4, 0.5) is 5.13 Å². The molecule has 1 N–H and O–H groups in total. The number of aromatic nitrogens is 2. The number of nitrogens with one attached hydrogen (secondary N) is 1. The van der Waals surface area contributed by atoms with Gasteiger partial charge in [-0.3, -0.25) is 4.99 Å². The predicted octanol–water partition coefficient (Wildman–Crippen LogP) is 2.76. The monoisotopic (exact) mass is 498 g/mol. The molecule has 0 radical (unpaired) electrons. The van der Waals surface area contributed by atoms with Crippen molar-refractivity contribution in [2.45, 2.75) is 25.7 Å². The summed E-state index contributed by atoms with van der Waals surface area (Å²) < 4.78 is 4.40. The summed E-state index contributed by atoms with van der Waals surface area (Å²) in [5, 5.41) is 4.63. The van der Waals surface area contributed by atoms with Gasteiger partial charge in [-0.1, -0.05) is 31.2 Å². The molecule has 2 heterocycles. The van der Waals surface area contributed by atoms with E-state index in [1.54, 1.807) is 0 Å². The Morgan fingerprint density at radius 1 is 1.26 bits per heavy atom. The standard InChI is InChI=1S/C19H26N6S.HI/c1-3-17-22-19(26-23-17)25-10-8-24(9-11-25)18(20-2)21-13-15-12-14-6-4-5-7-16(14)15;/h4-7,15H,3,8-13H2,1-2H3,(H,20,21);1H. The van der Waals surface area contributed by atoms with Crippen molar-refractivity contribution in [2.75, 3.05) is 44.7 Å². The minimum absolute atomic E-state index is 0. The normalized spacial score (nSPS) is 19.2. The molecule has 1 unspecified atom stereocenters. The first-order chi connectivity index (χ1) is 12.8. The number of guanidine groups is 1. The van der Waals surface area contributed by atoms with Crippen LogP contribution < -0.4 is 10.2 Å². The molecule has 2 aromatic rings. The number of anilines is 1. The molecule has 146 valence electrons. The van der Waals surface area contributed by atoms with Gasteiger partial charge >= 0.3 is 0 Å². The van der Waals surface area contributed by atoms with E-state index in [-0.39, 0.29) is 24.0 Å².